The molecule has 0 spiro atoms. The SMILES string of the molecule is COc1cccc(C(CNC(=O)CSCC(=O)Nc2cccc(C)c2)N(C)C)c1. The zero-order valence-electron chi connectivity index (χ0n) is 17.4. The third-order valence-electron chi connectivity index (χ3n) is 4.36. The molecule has 2 aromatic carbocycles. The Morgan fingerprint density at radius 2 is 1.79 bits per heavy atom. The number of benzene rings is 2. The lowest BCUT2D eigenvalue weighted by Gasteiger charge is -2.25. The van der Waals surface area contributed by atoms with Crippen LogP contribution in [0.3, 0.4) is 0 Å². The third-order valence-corrected chi connectivity index (χ3v) is 5.30. The van der Waals surface area contributed by atoms with Crippen LogP contribution < -0.4 is 15.4 Å². The van der Waals surface area contributed by atoms with E-state index in [0.717, 1.165) is 22.6 Å². The number of anilines is 1. The van der Waals surface area contributed by atoms with E-state index in [1.165, 1.54) is 11.8 Å². The molecule has 0 aromatic heterocycles. The van der Waals surface area contributed by atoms with Gasteiger partial charge in [-0.2, -0.15) is 0 Å². The first-order valence-electron chi connectivity index (χ1n) is 9.40. The summed E-state index contributed by atoms with van der Waals surface area (Å²) in [6, 6.07) is 15.5. The minimum absolute atomic E-state index is 0.0312. The number of nitrogens with one attached hydrogen (secondary N) is 2. The van der Waals surface area contributed by atoms with E-state index in [0.29, 0.717) is 6.54 Å². The van der Waals surface area contributed by atoms with Crippen LogP contribution in [-0.2, 0) is 9.59 Å². The predicted octanol–water partition coefficient (Wildman–Crippen LogP) is 3.09. The minimum atomic E-state index is -0.115. The molecule has 2 amide bonds. The number of methoxy groups -OCH3 is 1. The molecule has 1 atom stereocenters. The number of rotatable bonds is 10. The molecule has 7 heteroatoms. The van der Waals surface area contributed by atoms with E-state index in [4.69, 9.17) is 4.74 Å². The average molecular weight is 416 g/mol. The fourth-order valence-corrected chi connectivity index (χ4v) is 3.51. The number of thioether (sulfide) groups is 1. The van der Waals surface area contributed by atoms with Crippen LogP contribution >= 0.6 is 11.8 Å². The van der Waals surface area contributed by atoms with Gasteiger partial charge in [0.1, 0.15) is 5.75 Å². The van der Waals surface area contributed by atoms with Gasteiger partial charge in [-0.3, -0.25) is 9.59 Å². The Morgan fingerprint density at radius 1 is 1.07 bits per heavy atom. The fourth-order valence-electron chi connectivity index (χ4n) is 2.87. The summed E-state index contributed by atoms with van der Waals surface area (Å²) in [7, 11) is 5.58. The first kappa shape index (κ1) is 22.8. The largest absolute Gasteiger partial charge is 0.497 e. The minimum Gasteiger partial charge on any atom is -0.497 e. The van der Waals surface area contributed by atoms with E-state index >= 15 is 0 Å². The van der Waals surface area contributed by atoms with Crippen molar-refractivity contribution in [3.8, 4) is 5.75 Å². The zero-order valence-corrected chi connectivity index (χ0v) is 18.2. The molecule has 29 heavy (non-hydrogen) atoms. The summed E-state index contributed by atoms with van der Waals surface area (Å²) in [4.78, 5) is 26.3. The van der Waals surface area contributed by atoms with E-state index in [1.54, 1.807) is 7.11 Å². The standard InChI is InChI=1S/C22H29N3O3S/c1-16-7-5-9-18(11-16)24-22(27)15-29-14-21(26)23-13-20(25(2)3)17-8-6-10-19(12-17)28-4/h5-12,20H,13-15H2,1-4H3,(H,23,26)(H,24,27). The molecule has 6 nitrogen and oxygen atoms in total. The normalized spacial score (nSPS) is 11.8. The highest BCUT2D eigenvalue weighted by atomic mass is 32.2. The van der Waals surface area contributed by atoms with Gasteiger partial charge >= 0.3 is 0 Å². The quantitative estimate of drug-likeness (QED) is 0.624. The Hall–Kier alpha value is -2.51. The van der Waals surface area contributed by atoms with Crippen molar-refractivity contribution in [3.63, 3.8) is 0 Å². The molecular weight excluding hydrogens is 386 g/mol. The van der Waals surface area contributed by atoms with Crippen molar-refractivity contribution >= 4 is 29.3 Å². The molecule has 0 aliphatic heterocycles. The van der Waals surface area contributed by atoms with Crippen LogP contribution in [0.4, 0.5) is 5.69 Å². The Labute approximate surface area is 177 Å². The average Bonchev–Trinajstić information content (AvgIpc) is 2.68. The first-order chi connectivity index (χ1) is 13.9. The van der Waals surface area contributed by atoms with Crippen LogP contribution in [0.1, 0.15) is 17.2 Å². The van der Waals surface area contributed by atoms with Crippen molar-refractivity contribution in [2.75, 3.05) is 44.6 Å². The van der Waals surface area contributed by atoms with Gasteiger partial charge < -0.3 is 20.3 Å². The third kappa shape index (κ3) is 7.79. The fraction of sp³-hybridized carbons (Fsp3) is 0.364. The van der Waals surface area contributed by atoms with Crippen molar-refractivity contribution in [2.45, 2.75) is 13.0 Å². The van der Waals surface area contributed by atoms with E-state index in [9.17, 15) is 9.59 Å². The Kier molecular flexibility index (Phi) is 9.02. The Balaban J connectivity index is 1.76. The van der Waals surface area contributed by atoms with Crippen LogP contribution in [-0.4, -0.2) is 56.0 Å². The van der Waals surface area contributed by atoms with Crippen molar-refractivity contribution in [2.24, 2.45) is 0 Å². The number of likely N-dealkylation sites (N-methyl/N-ethyl adjacent to an activating group) is 1. The second-order valence-corrected chi connectivity index (χ2v) is 7.96. The van der Waals surface area contributed by atoms with Gasteiger partial charge in [0, 0.05) is 12.2 Å². The van der Waals surface area contributed by atoms with Crippen LogP contribution in [0.25, 0.3) is 0 Å². The van der Waals surface area contributed by atoms with E-state index in [1.807, 2.05) is 69.6 Å². The van der Waals surface area contributed by atoms with Gasteiger partial charge in [0.15, 0.2) is 0 Å². The lowest BCUT2D eigenvalue weighted by molar-refractivity contribution is -0.118. The summed E-state index contributed by atoms with van der Waals surface area (Å²) in [5.74, 6) is 1.05. The number of hydrogen-bond acceptors (Lipinski definition) is 5. The topological polar surface area (TPSA) is 70.7 Å². The van der Waals surface area contributed by atoms with Crippen molar-refractivity contribution in [1.82, 2.24) is 10.2 Å². The van der Waals surface area contributed by atoms with Gasteiger partial charge in [0.2, 0.25) is 11.8 Å². The molecule has 0 saturated carbocycles. The first-order valence-corrected chi connectivity index (χ1v) is 10.6. The van der Waals surface area contributed by atoms with Crippen molar-refractivity contribution < 1.29 is 14.3 Å². The number of carbonyl (C=O) groups excluding carboxylic acids is 2. The van der Waals surface area contributed by atoms with Crippen LogP contribution in [0.15, 0.2) is 48.5 Å². The van der Waals surface area contributed by atoms with Crippen molar-refractivity contribution in [1.29, 1.82) is 0 Å². The maximum absolute atomic E-state index is 12.2. The monoisotopic (exact) mass is 415 g/mol. The molecule has 0 fully saturated rings. The van der Waals surface area contributed by atoms with E-state index in [-0.39, 0.29) is 29.4 Å². The van der Waals surface area contributed by atoms with Crippen LogP contribution in [0, 0.1) is 6.92 Å². The van der Waals surface area contributed by atoms with Crippen LogP contribution in [0.5, 0.6) is 5.75 Å². The maximum Gasteiger partial charge on any atom is 0.234 e. The number of hydrogen-bond donors (Lipinski definition) is 2. The number of amides is 2. The summed E-state index contributed by atoms with van der Waals surface area (Å²) >= 11 is 1.30. The Bertz CT molecular complexity index is 826. The molecule has 2 aromatic rings. The second-order valence-electron chi connectivity index (χ2n) is 6.97. The molecule has 156 valence electrons. The molecule has 2 rings (SSSR count). The van der Waals surface area contributed by atoms with Gasteiger partial charge in [0.25, 0.3) is 0 Å². The number of ether oxygens (including phenoxy) is 1. The summed E-state index contributed by atoms with van der Waals surface area (Å²) in [5, 5.41) is 5.80. The highest BCUT2D eigenvalue weighted by molar-refractivity contribution is 8.00. The maximum atomic E-state index is 12.2. The highest BCUT2D eigenvalue weighted by Gasteiger charge is 2.16. The summed E-state index contributed by atoms with van der Waals surface area (Å²) < 4.78 is 5.29. The number of carbonyl (C=O) groups is 2. The molecule has 1 unspecified atom stereocenters. The summed E-state index contributed by atoms with van der Waals surface area (Å²) in [6.45, 7) is 2.45. The molecule has 0 bridgehead atoms. The highest BCUT2D eigenvalue weighted by Crippen LogP contribution is 2.22. The van der Waals surface area contributed by atoms with Gasteiger partial charge in [-0.25, -0.2) is 0 Å². The molecule has 0 heterocycles. The van der Waals surface area contributed by atoms with Gasteiger partial charge in [-0.1, -0.05) is 24.3 Å². The van der Waals surface area contributed by atoms with Crippen molar-refractivity contribution in [3.05, 3.63) is 59.7 Å². The smallest absolute Gasteiger partial charge is 0.234 e. The molecule has 0 aliphatic carbocycles. The van der Waals surface area contributed by atoms with Crippen LogP contribution in [0.2, 0.25) is 0 Å². The lowest BCUT2D eigenvalue weighted by atomic mass is 10.1. The predicted molar refractivity (Wildman–Crippen MR) is 120 cm³/mol. The summed E-state index contributed by atoms with van der Waals surface area (Å²) in [6.07, 6.45) is 0. The molecular formula is C22H29N3O3S. The van der Waals surface area contributed by atoms with Gasteiger partial charge in [-0.15, -0.1) is 11.8 Å². The van der Waals surface area contributed by atoms with E-state index in [2.05, 4.69) is 15.5 Å². The van der Waals surface area contributed by atoms with E-state index < -0.39 is 0 Å². The van der Waals surface area contributed by atoms with Gasteiger partial charge in [-0.05, 0) is 56.4 Å². The second kappa shape index (κ2) is 11.5. The molecule has 0 aliphatic rings. The zero-order chi connectivity index (χ0) is 21.2. The Morgan fingerprint density at radius 3 is 2.48 bits per heavy atom. The lowest BCUT2D eigenvalue weighted by Crippen LogP contribution is -2.35. The summed E-state index contributed by atoms with van der Waals surface area (Å²) in [5.41, 5.74) is 2.92. The molecule has 0 saturated heterocycles. The number of nitrogens with zero attached hydrogens (tertiary/aromatic N) is 1. The molecule has 0 radical (unpaired) electrons. The number of aryl methyl sites for hydroxylation is 1. The molecule has 2 N–H and O–H groups in total. The van der Waals surface area contributed by atoms with Gasteiger partial charge in [0.05, 0.1) is 24.7 Å².